The molecule has 4 rings (SSSR count). The smallest absolute Gasteiger partial charge is 0.410 e. The lowest BCUT2D eigenvalue weighted by molar-refractivity contribution is 0.0224. The van der Waals surface area contributed by atoms with E-state index in [4.69, 9.17) is 9.84 Å². The molecule has 0 spiro atoms. The van der Waals surface area contributed by atoms with Gasteiger partial charge in [0.05, 0.1) is 23.3 Å². The Labute approximate surface area is 168 Å². The van der Waals surface area contributed by atoms with Gasteiger partial charge < -0.3 is 20.1 Å². The first-order valence-corrected chi connectivity index (χ1v) is 9.69. The lowest BCUT2D eigenvalue weighted by atomic mass is 10.1. The van der Waals surface area contributed by atoms with E-state index in [1.165, 1.54) is 6.20 Å². The molecule has 2 aromatic rings. The number of carboxylic acids is 1. The summed E-state index contributed by atoms with van der Waals surface area (Å²) in [4.78, 5) is 29.5. The summed E-state index contributed by atoms with van der Waals surface area (Å²) >= 11 is 0. The Bertz CT molecular complexity index is 941. The Morgan fingerprint density at radius 2 is 2.07 bits per heavy atom. The van der Waals surface area contributed by atoms with E-state index in [0.717, 1.165) is 29.8 Å². The van der Waals surface area contributed by atoms with Gasteiger partial charge in [0.2, 0.25) is 0 Å². The van der Waals surface area contributed by atoms with Crippen LogP contribution in [-0.4, -0.2) is 49.4 Å². The van der Waals surface area contributed by atoms with Gasteiger partial charge in [-0.3, -0.25) is 10.1 Å². The molecule has 0 saturated heterocycles. The number of carbonyl (C=O) groups is 2. The molecule has 0 atom stereocenters. The highest BCUT2D eigenvalue weighted by Gasteiger charge is 2.47. The van der Waals surface area contributed by atoms with Gasteiger partial charge in [-0.15, -0.1) is 0 Å². The van der Waals surface area contributed by atoms with Gasteiger partial charge in [0, 0.05) is 30.4 Å². The first kappa shape index (κ1) is 19.2. The molecule has 3 heterocycles. The summed E-state index contributed by atoms with van der Waals surface area (Å²) in [6.45, 7) is 6.55. The summed E-state index contributed by atoms with van der Waals surface area (Å²) in [6.07, 6.45) is 3.49. The van der Waals surface area contributed by atoms with Crippen molar-refractivity contribution in [3.8, 4) is 0 Å². The van der Waals surface area contributed by atoms with Gasteiger partial charge in [0.15, 0.2) is 5.82 Å². The van der Waals surface area contributed by atoms with Crippen molar-refractivity contribution >= 4 is 17.9 Å². The zero-order valence-electron chi connectivity index (χ0n) is 16.8. The lowest BCUT2D eigenvalue weighted by Crippen LogP contribution is -2.40. The van der Waals surface area contributed by atoms with Crippen molar-refractivity contribution in [3.63, 3.8) is 0 Å². The van der Waals surface area contributed by atoms with Crippen molar-refractivity contribution in [2.45, 2.75) is 57.7 Å². The number of rotatable bonds is 4. The molecular formula is C20H25N5O4. The van der Waals surface area contributed by atoms with Crippen LogP contribution in [0, 0.1) is 0 Å². The minimum absolute atomic E-state index is 0.162. The second-order valence-corrected chi connectivity index (χ2v) is 8.63. The number of carboxylic acid groups (broad SMARTS) is 1. The van der Waals surface area contributed by atoms with Crippen molar-refractivity contribution in [3.05, 3.63) is 40.8 Å². The molecule has 0 bridgehead atoms. The highest BCUT2D eigenvalue weighted by molar-refractivity contribution is 5.87. The molecule has 2 aromatic heterocycles. The monoisotopic (exact) mass is 399 g/mol. The average Bonchev–Trinajstić information content (AvgIpc) is 3.34. The third kappa shape index (κ3) is 3.90. The van der Waals surface area contributed by atoms with E-state index in [0.29, 0.717) is 25.3 Å². The number of aromatic amines is 1. The maximum Gasteiger partial charge on any atom is 0.410 e. The van der Waals surface area contributed by atoms with Crippen LogP contribution in [0.4, 0.5) is 10.6 Å². The number of amides is 1. The van der Waals surface area contributed by atoms with E-state index in [2.05, 4.69) is 20.5 Å². The minimum atomic E-state index is -0.995. The van der Waals surface area contributed by atoms with Gasteiger partial charge in [-0.05, 0) is 45.7 Å². The number of nitrogens with one attached hydrogen (secondary N) is 2. The second kappa shape index (κ2) is 6.75. The topological polar surface area (TPSA) is 120 Å². The summed E-state index contributed by atoms with van der Waals surface area (Å²) < 4.78 is 5.50. The summed E-state index contributed by atoms with van der Waals surface area (Å²) in [7, 11) is 0. The molecule has 0 unspecified atom stereocenters. The number of hydrogen-bond donors (Lipinski definition) is 3. The van der Waals surface area contributed by atoms with Crippen LogP contribution in [0.5, 0.6) is 0 Å². The quantitative estimate of drug-likeness (QED) is 0.723. The normalized spacial score (nSPS) is 17.4. The largest absolute Gasteiger partial charge is 0.478 e. The van der Waals surface area contributed by atoms with Crippen LogP contribution < -0.4 is 5.32 Å². The van der Waals surface area contributed by atoms with Crippen molar-refractivity contribution in [1.82, 2.24) is 20.1 Å². The van der Waals surface area contributed by atoms with Gasteiger partial charge in [-0.2, -0.15) is 5.10 Å². The molecular weight excluding hydrogens is 374 g/mol. The van der Waals surface area contributed by atoms with Crippen molar-refractivity contribution in [2.75, 3.05) is 11.9 Å². The number of aromatic carboxylic acids is 1. The molecule has 9 nitrogen and oxygen atoms in total. The Morgan fingerprint density at radius 1 is 1.31 bits per heavy atom. The van der Waals surface area contributed by atoms with E-state index in [9.17, 15) is 9.59 Å². The SMILES string of the molecule is CC(C)(C)OC(=O)N1CCc2[nH]nc(NC3(c4ccc(C(=O)O)cn4)CC3)c2C1. The molecule has 3 N–H and O–H groups in total. The minimum Gasteiger partial charge on any atom is -0.478 e. The first-order chi connectivity index (χ1) is 13.7. The third-order valence-corrected chi connectivity index (χ3v) is 5.19. The maximum absolute atomic E-state index is 12.5. The van der Waals surface area contributed by atoms with Crippen LogP contribution in [-0.2, 0) is 23.2 Å². The van der Waals surface area contributed by atoms with E-state index in [-0.39, 0.29) is 17.2 Å². The molecule has 0 aromatic carbocycles. The van der Waals surface area contributed by atoms with Crippen molar-refractivity contribution < 1.29 is 19.4 Å². The van der Waals surface area contributed by atoms with E-state index in [1.54, 1.807) is 17.0 Å². The molecule has 1 aliphatic carbocycles. The second-order valence-electron chi connectivity index (χ2n) is 8.63. The molecule has 9 heteroatoms. The standard InChI is InChI=1S/C20H25N5O4/c1-19(2,3)29-18(28)25-9-6-14-13(11-25)16(24-23-14)22-20(7-8-20)15-5-4-12(10-21-15)17(26)27/h4-5,10H,6-9,11H2,1-3H3,(H,26,27)(H2,22,23,24). The third-order valence-electron chi connectivity index (χ3n) is 5.19. The first-order valence-electron chi connectivity index (χ1n) is 9.69. The van der Waals surface area contributed by atoms with Gasteiger partial charge in [-0.25, -0.2) is 9.59 Å². The average molecular weight is 399 g/mol. The number of hydrogen-bond acceptors (Lipinski definition) is 6. The Kier molecular flexibility index (Phi) is 4.48. The fraction of sp³-hybridized carbons (Fsp3) is 0.500. The van der Waals surface area contributed by atoms with E-state index in [1.807, 2.05) is 20.8 Å². The summed E-state index contributed by atoms with van der Waals surface area (Å²) in [5.41, 5.74) is 2.02. The molecule has 0 radical (unpaired) electrons. The van der Waals surface area contributed by atoms with Crippen molar-refractivity contribution in [1.29, 1.82) is 0 Å². The molecule has 1 amide bonds. The zero-order valence-corrected chi connectivity index (χ0v) is 16.8. The fourth-order valence-corrected chi connectivity index (χ4v) is 3.48. The van der Waals surface area contributed by atoms with Crippen LogP contribution in [0.1, 0.15) is 60.9 Å². The van der Waals surface area contributed by atoms with E-state index >= 15 is 0 Å². The van der Waals surface area contributed by atoms with Crippen LogP contribution in [0.3, 0.4) is 0 Å². The Hall–Kier alpha value is -3.10. The molecule has 1 aliphatic heterocycles. The molecule has 29 heavy (non-hydrogen) atoms. The van der Waals surface area contributed by atoms with Gasteiger partial charge in [0.1, 0.15) is 5.60 Å². The summed E-state index contributed by atoms with van der Waals surface area (Å²) in [5, 5.41) is 20.0. The number of pyridine rings is 1. The molecule has 2 aliphatic rings. The number of nitrogens with zero attached hydrogens (tertiary/aromatic N) is 3. The van der Waals surface area contributed by atoms with E-state index < -0.39 is 11.6 Å². The summed E-state index contributed by atoms with van der Waals surface area (Å²) in [5.74, 6) is -0.291. The number of ether oxygens (including phenoxy) is 1. The van der Waals surface area contributed by atoms with Crippen LogP contribution in [0.2, 0.25) is 0 Å². The molecule has 1 saturated carbocycles. The highest BCUT2D eigenvalue weighted by Crippen LogP contribution is 2.48. The fourth-order valence-electron chi connectivity index (χ4n) is 3.48. The van der Waals surface area contributed by atoms with Crippen LogP contribution >= 0.6 is 0 Å². The Balaban J connectivity index is 1.51. The number of anilines is 1. The number of carbonyl (C=O) groups excluding carboxylic acids is 1. The maximum atomic E-state index is 12.5. The number of aromatic nitrogens is 3. The number of H-pyrrole nitrogens is 1. The predicted molar refractivity (Wildman–Crippen MR) is 105 cm³/mol. The van der Waals surface area contributed by atoms with Crippen LogP contribution in [0.25, 0.3) is 0 Å². The Morgan fingerprint density at radius 3 is 2.66 bits per heavy atom. The lowest BCUT2D eigenvalue weighted by Gasteiger charge is -2.30. The highest BCUT2D eigenvalue weighted by atomic mass is 16.6. The zero-order chi connectivity index (χ0) is 20.8. The van der Waals surface area contributed by atoms with Gasteiger partial charge in [-0.1, -0.05) is 0 Å². The van der Waals surface area contributed by atoms with Crippen molar-refractivity contribution in [2.24, 2.45) is 0 Å². The number of fused-ring (bicyclic) bond motifs is 1. The van der Waals surface area contributed by atoms with Gasteiger partial charge in [0.25, 0.3) is 0 Å². The molecule has 154 valence electrons. The van der Waals surface area contributed by atoms with Crippen LogP contribution in [0.15, 0.2) is 18.3 Å². The summed E-state index contributed by atoms with van der Waals surface area (Å²) in [6, 6.07) is 3.31. The molecule has 1 fully saturated rings. The van der Waals surface area contributed by atoms with Gasteiger partial charge >= 0.3 is 12.1 Å². The predicted octanol–water partition coefficient (Wildman–Crippen LogP) is 2.90.